The molecule has 0 saturated heterocycles. The first-order valence-electron chi connectivity index (χ1n) is 9.46. The number of unbranched alkanes of at least 4 members (excludes halogenated alkanes) is 2. The Bertz CT molecular complexity index is 321. The zero-order valence-corrected chi connectivity index (χ0v) is 15.3. The summed E-state index contributed by atoms with van der Waals surface area (Å²) in [6.07, 6.45) is 7.56. The predicted molar refractivity (Wildman–Crippen MR) is 94.0 cm³/mol. The van der Waals surface area contributed by atoms with E-state index in [0.29, 0.717) is 38.1 Å². The van der Waals surface area contributed by atoms with Gasteiger partial charge >= 0.3 is 12.2 Å². The SMILES string of the molecule is CCCCOC(=O)NCC1CCC(CNC(=O)OCCCC)CC1. The summed E-state index contributed by atoms with van der Waals surface area (Å²) in [5.74, 6) is 1.02. The minimum absolute atomic E-state index is 0.304. The van der Waals surface area contributed by atoms with Crippen molar-refractivity contribution in [3.8, 4) is 0 Å². The fourth-order valence-electron chi connectivity index (χ4n) is 2.82. The van der Waals surface area contributed by atoms with Crippen LogP contribution in [0, 0.1) is 11.8 Å². The molecule has 2 N–H and O–H groups in total. The molecule has 0 aromatic carbocycles. The molecule has 24 heavy (non-hydrogen) atoms. The summed E-state index contributed by atoms with van der Waals surface area (Å²) in [6, 6.07) is 0. The summed E-state index contributed by atoms with van der Waals surface area (Å²) in [7, 11) is 0. The second-order valence-electron chi connectivity index (χ2n) is 6.63. The van der Waals surface area contributed by atoms with Crippen molar-refractivity contribution in [3.63, 3.8) is 0 Å². The number of nitrogens with one attached hydrogen (secondary N) is 2. The summed E-state index contributed by atoms with van der Waals surface area (Å²) in [6.45, 7) is 6.50. The van der Waals surface area contributed by atoms with Gasteiger partial charge in [-0.3, -0.25) is 0 Å². The highest BCUT2D eigenvalue weighted by molar-refractivity contribution is 5.67. The molecule has 1 fully saturated rings. The molecule has 1 rings (SSSR count). The third-order valence-electron chi connectivity index (χ3n) is 4.50. The van der Waals surface area contributed by atoms with Crippen molar-refractivity contribution in [2.45, 2.75) is 65.2 Å². The van der Waals surface area contributed by atoms with E-state index < -0.39 is 0 Å². The van der Waals surface area contributed by atoms with E-state index >= 15 is 0 Å². The Hall–Kier alpha value is -1.46. The van der Waals surface area contributed by atoms with Gasteiger partial charge in [0.1, 0.15) is 0 Å². The molecule has 2 amide bonds. The van der Waals surface area contributed by atoms with Gasteiger partial charge in [-0.2, -0.15) is 0 Å². The number of rotatable bonds is 10. The Kier molecular flexibility index (Phi) is 11.1. The molecule has 1 aliphatic rings. The second kappa shape index (κ2) is 12.9. The third-order valence-corrected chi connectivity index (χ3v) is 4.50. The number of alkyl carbamates (subject to hydrolysis) is 2. The molecule has 0 atom stereocenters. The zero-order valence-electron chi connectivity index (χ0n) is 15.3. The number of hydrogen-bond acceptors (Lipinski definition) is 4. The summed E-state index contributed by atoms with van der Waals surface area (Å²) >= 11 is 0. The van der Waals surface area contributed by atoms with Crippen LogP contribution in [-0.4, -0.2) is 38.5 Å². The van der Waals surface area contributed by atoms with Crippen molar-refractivity contribution >= 4 is 12.2 Å². The van der Waals surface area contributed by atoms with Gasteiger partial charge in [0.05, 0.1) is 13.2 Å². The van der Waals surface area contributed by atoms with Gasteiger partial charge < -0.3 is 20.1 Å². The molecule has 1 saturated carbocycles. The van der Waals surface area contributed by atoms with Crippen LogP contribution in [0.4, 0.5) is 9.59 Å². The van der Waals surface area contributed by atoms with E-state index in [-0.39, 0.29) is 12.2 Å². The number of amides is 2. The van der Waals surface area contributed by atoms with Crippen LogP contribution in [0.25, 0.3) is 0 Å². The molecule has 140 valence electrons. The van der Waals surface area contributed by atoms with Crippen molar-refractivity contribution in [3.05, 3.63) is 0 Å². The Balaban J connectivity index is 2.05. The number of ether oxygens (including phenoxy) is 2. The summed E-state index contributed by atoms with van der Waals surface area (Å²) in [5.41, 5.74) is 0. The normalized spacial score (nSPS) is 20.2. The van der Waals surface area contributed by atoms with Crippen LogP contribution in [0.3, 0.4) is 0 Å². The standard InChI is InChI=1S/C18H34N2O4/c1-3-5-11-23-17(21)19-13-15-7-9-16(10-8-15)14-20-18(22)24-12-6-4-2/h15-16H,3-14H2,1-2H3,(H,19,21)(H,20,22). The Labute approximate surface area is 146 Å². The van der Waals surface area contributed by atoms with E-state index in [1.807, 2.05) is 0 Å². The van der Waals surface area contributed by atoms with Crippen LogP contribution >= 0.6 is 0 Å². The minimum atomic E-state index is -0.304. The lowest BCUT2D eigenvalue weighted by Crippen LogP contribution is -2.35. The van der Waals surface area contributed by atoms with Gasteiger partial charge in [-0.15, -0.1) is 0 Å². The summed E-state index contributed by atoms with van der Waals surface area (Å²) < 4.78 is 10.2. The van der Waals surface area contributed by atoms with Crippen LogP contribution in [-0.2, 0) is 9.47 Å². The fourth-order valence-corrected chi connectivity index (χ4v) is 2.82. The maximum atomic E-state index is 11.5. The first kappa shape index (κ1) is 20.6. The molecule has 0 unspecified atom stereocenters. The average molecular weight is 342 g/mol. The van der Waals surface area contributed by atoms with E-state index in [4.69, 9.17) is 9.47 Å². The first-order chi connectivity index (χ1) is 11.7. The van der Waals surface area contributed by atoms with Crippen molar-refractivity contribution in [2.75, 3.05) is 26.3 Å². The van der Waals surface area contributed by atoms with Crippen molar-refractivity contribution in [2.24, 2.45) is 11.8 Å². The number of carbonyl (C=O) groups excluding carboxylic acids is 2. The first-order valence-corrected chi connectivity index (χ1v) is 9.46. The predicted octanol–water partition coefficient (Wildman–Crippen LogP) is 3.85. The highest BCUT2D eigenvalue weighted by atomic mass is 16.6. The highest BCUT2D eigenvalue weighted by Crippen LogP contribution is 2.27. The largest absolute Gasteiger partial charge is 0.450 e. The van der Waals surface area contributed by atoms with Gasteiger partial charge in [-0.25, -0.2) is 9.59 Å². The van der Waals surface area contributed by atoms with Crippen molar-refractivity contribution in [1.29, 1.82) is 0 Å². The van der Waals surface area contributed by atoms with Gasteiger partial charge in [0.2, 0.25) is 0 Å². The average Bonchev–Trinajstić information content (AvgIpc) is 2.59. The number of carbonyl (C=O) groups is 2. The summed E-state index contributed by atoms with van der Waals surface area (Å²) in [5, 5.41) is 5.71. The van der Waals surface area contributed by atoms with Crippen LogP contribution in [0.5, 0.6) is 0 Å². The maximum absolute atomic E-state index is 11.5. The molecule has 6 heteroatoms. The number of hydrogen-bond donors (Lipinski definition) is 2. The molecule has 0 heterocycles. The molecule has 6 nitrogen and oxygen atoms in total. The zero-order chi connectivity index (χ0) is 17.6. The monoisotopic (exact) mass is 342 g/mol. The van der Waals surface area contributed by atoms with Crippen LogP contribution < -0.4 is 10.6 Å². The Morgan fingerprint density at radius 1 is 0.792 bits per heavy atom. The quantitative estimate of drug-likeness (QED) is 0.591. The molecule has 0 aromatic rings. The molecule has 0 aromatic heterocycles. The minimum Gasteiger partial charge on any atom is -0.450 e. The highest BCUT2D eigenvalue weighted by Gasteiger charge is 2.22. The van der Waals surface area contributed by atoms with Crippen LogP contribution in [0.2, 0.25) is 0 Å². The fraction of sp³-hybridized carbons (Fsp3) is 0.889. The Morgan fingerprint density at radius 3 is 1.50 bits per heavy atom. The van der Waals surface area contributed by atoms with Crippen LogP contribution in [0.15, 0.2) is 0 Å². The van der Waals surface area contributed by atoms with E-state index in [0.717, 1.165) is 51.4 Å². The van der Waals surface area contributed by atoms with E-state index in [9.17, 15) is 9.59 Å². The molecular formula is C18H34N2O4. The Morgan fingerprint density at radius 2 is 1.17 bits per heavy atom. The lowest BCUT2D eigenvalue weighted by atomic mass is 9.82. The van der Waals surface area contributed by atoms with Gasteiger partial charge in [-0.05, 0) is 50.4 Å². The van der Waals surface area contributed by atoms with Gasteiger partial charge in [-0.1, -0.05) is 26.7 Å². The van der Waals surface area contributed by atoms with E-state index in [2.05, 4.69) is 24.5 Å². The van der Waals surface area contributed by atoms with Gasteiger partial charge in [0.15, 0.2) is 0 Å². The van der Waals surface area contributed by atoms with Gasteiger partial charge in [0, 0.05) is 13.1 Å². The molecule has 0 spiro atoms. The smallest absolute Gasteiger partial charge is 0.407 e. The van der Waals surface area contributed by atoms with E-state index in [1.54, 1.807) is 0 Å². The second-order valence-corrected chi connectivity index (χ2v) is 6.63. The lowest BCUT2D eigenvalue weighted by molar-refractivity contribution is 0.137. The lowest BCUT2D eigenvalue weighted by Gasteiger charge is -2.28. The van der Waals surface area contributed by atoms with Crippen LogP contribution in [0.1, 0.15) is 65.2 Å². The molecule has 1 aliphatic carbocycles. The van der Waals surface area contributed by atoms with Gasteiger partial charge in [0.25, 0.3) is 0 Å². The van der Waals surface area contributed by atoms with Crippen molar-refractivity contribution in [1.82, 2.24) is 10.6 Å². The maximum Gasteiger partial charge on any atom is 0.407 e. The molecule has 0 radical (unpaired) electrons. The molecule has 0 bridgehead atoms. The van der Waals surface area contributed by atoms with E-state index in [1.165, 1.54) is 0 Å². The van der Waals surface area contributed by atoms with Crippen molar-refractivity contribution < 1.29 is 19.1 Å². The molecule has 0 aliphatic heterocycles. The topological polar surface area (TPSA) is 76.7 Å². The summed E-state index contributed by atoms with van der Waals surface area (Å²) in [4.78, 5) is 23.0. The third kappa shape index (κ3) is 9.63. The molecular weight excluding hydrogens is 308 g/mol.